The number of fused-ring (bicyclic) bond motifs is 1. The van der Waals surface area contributed by atoms with Crippen molar-refractivity contribution in [3.8, 4) is 11.5 Å². The molecule has 23 heavy (non-hydrogen) atoms. The normalized spacial score (nSPS) is 16.2. The van der Waals surface area contributed by atoms with E-state index in [1.165, 1.54) is 0 Å². The molecule has 7 heteroatoms. The van der Waals surface area contributed by atoms with E-state index in [2.05, 4.69) is 25.7 Å². The minimum Gasteiger partial charge on any atom is -0.345 e. The lowest BCUT2D eigenvalue weighted by molar-refractivity contribution is 0.0955. The van der Waals surface area contributed by atoms with Gasteiger partial charge in [-0.3, -0.25) is 4.79 Å². The fourth-order valence-electron chi connectivity index (χ4n) is 2.62. The third kappa shape index (κ3) is 2.46. The summed E-state index contributed by atoms with van der Waals surface area (Å²) in [6.45, 7) is 1.86. The second kappa shape index (κ2) is 5.28. The van der Waals surface area contributed by atoms with E-state index in [1.54, 1.807) is 6.07 Å². The molecule has 3 heterocycles. The van der Waals surface area contributed by atoms with Gasteiger partial charge in [-0.2, -0.15) is 10.1 Å². The third-order valence-corrected chi connectivity index (χ3v) is 3.76. The molecule has 0 bridgehead atoms. The first kappa shape index (κ1) is 13.6. The van der Waals surface area contributed by atoms with Gasteiger partial charge in [-0.15, -0.1) is 5.10 Å². The van der Waals surface area contributed by atoms with Crippen molar-refractivity contribution < 1.29 is 9.32 Å². The van der Waals surface area contributed by atoms with Crippen LogP contribution in [-0.4, -0.2) is 26.2 Å². The molecule has 0 spiro atoms. The molecule has 0 aliphatic carbocycles. The molecule has 1 N–H and O–H groups in total. The number of hydrogen-bond donors (Lipinski definition) is 1. The van der Waals surface area contributed by atoms with E-state index in [1.807, 2.05) is 37.3 Å². The van der Waals surface area contributed by atoms with Gasteiger partial charge in [0.15, 0.2) is 0 Å². The smallest absolute Gasteiger partial charge is 0.252 e. The Bertz CT molecular complexity index is 872. The van der Waals surface area contributed by atoms with Gasteiger partial charge in [0.25, 0.3) is 5.91 Å². The molecule has 0 unspecified atom stereocenters. The molecule has 2 aromatic heterocycles. The summed E-state index contributed by atoms with van der Waals surface area (Å²) in [7, 11) is 0. The molecular weight excluding hydrogens is 294 g/mol. The minimum absolute atomic E-state index is 0.0743. The van der Waals surface area contributed by atoms with Gasteiger partial charge >= 0.3 is 0 Å². The number of nitrogens with zero attached hydrogens (tertiary/aromatic N) is 4. The SMILES string of the molecule is Cc1ccc(-c2noc(C[C@@H]3NC(=O)c4ccccc43)n2)nn1. The Morgan fingerprint density at radius 3 is 2.87 bits per heavy atom. The summed E-state index contributed by atoms with van der Waals surface area (Å²) in [5.41, 5.74) is 3.03. The van der Waals surface area contributed by atoms with Crippen LogP contribution in [0.4, 0.5) is 0 Å². The first-order valence-electron chi connectivity index (χ1n) is 7.24. The molecule has 7 nitrogen and oxygen atoms in total. The zero-order chi connectivity index (χ0) is 15.8. The lowest BCUT2D eigenvalue weighted by Crippen LogP contribution is -2.20. The number of amides is 1. The van der Waals surface area contributed by atoms with Crippen LogP contribution < -0.4 is 5.32 Å². The molecule has 114 valence electrons. The van der Waals surface area contributed by atoms with Crippen LogP contribution in [0.3, 0.4) is 0 Å². The van der Waals surface area contributed by atoms with E-state index in [-0.39, 0.29) is 11.9 Å². The van der Waals surface area contributed by atoms with Gasteiger partial charge in [0.1, 0.15) is 5.69 Å². The van der Waals surface area contributed by atoms with Crippen molar-refractivity contribution in [3.63, 3.8) is 0 Å². The quantitative estimate of drug-likeness (QED) is 0.793. The fraction of sp³-hybridized carbons (Fsp3) is 0.188. The van der Waals surface area contributed by atoms with E-state index in [4.69, 9.17) is 4.52 Å². The Kier molecular flexibility index (Phi) is 3.11. The first-order valence-corrected chi connectivity index (χ1v) is 7.24. The number of aromatic nitrogens is 4. The van der Waals surface area contributed by atoms with Gasteiger partial charge in [-0.25, -0.2) is 0 Å². The van der Waals surface area contributed by atoms with Crippen LogP contribution in [0.5, 0.6) is 0 Å². The monoisotopic (exact) mass is 307 g/mol. The predicted molar refractivity (Wildman–Crippen MR) is 80.4 cm³/mol. The highest BCUT2D eigenvalue weighted by Crippen LogP contribution is 2.27. The van der Waals surface area contributed by atoms with Crippen molar-refractivity contribution in [1.29, 1.82) is 0 Å². The predicted octanol–water partition coefficient (Wildman–Crippen LogP) is 1.86. The lowest BCUT2D eigenvalue weighted by Gasteiger charge is -2.07. The number of hydrogen-bond acceptors (Lipinski definition) is 6. The van der Waals surface area contributed by atoms with Crippen LogP contribution in [0.1, 0.15) is 33.5 Å². The Balaban J connectivity index is 1.57. The Morgan fingerprint density at radius 1 is 1.17 bits per heavy atom. The van der Waals surface area contributed by atoms with Crippen molar-refractivity contribution in [2.24, 2.45) is 0 Å². The van der Waals surface area contributed by atoms with Gasteiger partial charge in [0.05, 0.1) is 18.2 Å². The van der Waals surface area contributed by atoms with E-state index >= 15 is 0 Å². The summed E-state index contributed by atoms with van der Waals surface area (Å²) in [5.74, 6) is 0.768. The highest BCUT2D eigenvalue weighted by atomic mass is 16.5. The van der Waals surface area contributed by atoms with Crippen molar-refractivity contribution in [3.05, 3.63) is 59.1 Å². The molecule has 0 fully saturated rings. The number of aryl methyl sites for hydroxylation is 1. The molecule has 0 radical (unpaired) electrons. The maximum absolute atomic E-state index is 11.9. The van der Waals surface area contributed by atoms with E-state index in [0.717, 1.165) is 11.3 Å². The van der Waals surface area contributed by atoms with Gasteiger partial charge in [-0.05, 0) is 30.7 Å². The number of carbonyl (C=O) groups excluding carboxylic acids is 1. The van der Waals surface area contributed by atoms with Crippen molar-refractivity contribution in [2.45, 2.75) is 19.4 Å². The van der Waals surface area contributed by atoms with E-state index in [9.17, 15) is 4.79 Å². The van der Waals surface area contributed by atoms with Gasteiger partial charge in [-0.1, -0.05) is 23.4 Å². The van der Waals surface area contributed by atoms with Gasteiger partial charge in [0.2, 0.25) is 11.7 Å². The fourth-order valence-corrected chi connectivity index (χ4v) is 2.62. The van der Waals surface area contributed by atoms with Crippen LogP contribution in [0.25, 0.3) is 11.5 Å². The largest absolute Gasteiger partial charge is 0.345 e. The van der Waals surface area contributed by atoms with Crippen molar-refractivity contribution in [2.75, 3.05) is 0 Å². The topological polar surface area (TPSA) is 93.8 Å². The van der Waals surface area contributed by atoms with Crippen molar-refractivity contribution in [1.82, 2.24) is 25.7 Å². The number of rotatable bonds is 3. The second-order valence-electron chi connectivity index (χ2n) is 5.39. The third-order valence-electron chi connectivity index (χ3n) is 3.76. The zero-order valence-corrected chi connectivity index (χ0v) is 12.4. The molecule has 1 amide bonds. The van der Waals surface area contributed by atoms with Crippen LogP contribution in [0, 0.1) is 6.92 Å². The summed E-state index contributed by atoms with van der Waals surface area (Å²) in [6.07, 6.45) is 0.440. The molecule has 3 aromatic rings. The highest BCUT2D eigenvalue weighted by molar-refractivity contribution is 5.99. The molecular formula is C16H13N5O2. The maximum atomic E-state index is 11.9. The van der Waals surface area contributed by atoms with Crippen LogP contribution in [0.15, 0.2) is 40.9 Å². The average Bonchev–Trinajstić information content (AvgIpc) is 3.15. The first-order chi connectivity index (χ1) is 11.2. The maximum Gasteiger partial charge on any atom is 0.252 e. The highest BCUT2D eigenvalue weighted by Gasteiger charge is 2.29. The molecule has 0 saturated heterocycles. The molecule has 1 aromatic carbocycles. The summed E-state index contributed by atoms with van der Waals surface area (Å²) in [6, 6.07) is 11.0. The molecule has 0 saturated carbocycles. The zero-order valence-electron chi connectivity index (χ0n) is 12.4. The average molecular weight is 307 g/mol. The summed E-state index contributed by atoms with van der Waals surface area (Å²) in [4.78, 5) is 16.3. The summed E-state index contributed by atoms with van der Waals surface area (Å²) in [5, 5.41) is 14.9. The van der Waals surface area contributed by atoms with E-state index in [0.29, 0.717) is 29.4 Å². The number of nitrogens with one attached hydrogen (secondary N) is 1. The lowest BCUT2D eigenvalue weighted by atomic mass is 10.0. The minimum atomic E-state index is -0.156. The molecule has 1 aliphatic heterocycles. The Hall–Kier alpha value is -3.09. The molecule has 1 atom stereocenters. The summed E-state index contributed by atoms with van der Waals surface area (Å²) >= 11 is 0. The van der Waals surface area contributed by atoms with Crippen LogP contribution in [-0.2, 0) is 6.42 Å². The number of benzene rings is 1. The van der Waals surface area contributed by atoms with Crippen LogP contribution in [0.2, 0.25) is 0 Å². The van der Waals surface area contributed by atoms with Gasteiger partial charge < -0.3 is 9.84 Å². The Labute approximate surface area is 131 Å². The van der Waals surface area contributed by atoms with E-state index < -0.39 is 0 Å². The Morgan fingerprint density at radius 2 is 2.04 bits per heavy atom. The van der Waals surface area contributed by atoms with Crippen molar-refractivity contribution >= 4 is 5.91 Å². The molecule has 1 aliphatic rings. The molecule has 4 rings (SSSR count). The van der Waals surface area contributed by atoms with Gasteiger partial charge in [0, 0.05) is 5.56 Å². The summed E-state index contributed by atoms with van der Waals surface area (Å²) < 4.78 is 5.28. The number of carbonyl (C=O) groups is 1. The van der Waals surface area contributed by atoms with Crippen LogP contribution >= 0.6 is 0 Å². The standard InChI is InChI=1S/C16H13N5O2/c1-9-6-7-12(20-19-9)15-18-14(23-21-15)8-13-10-4-2-3-5-11(10)16(22)17-13/h2-7,13H,8H2,1H3,(H,17,22)/t13-/m0/s1. The second-order valence-corrected chi connectivity index (χ2v) is 5.39.